The molecule has 3 aliphatic heterocycles. The van der Waals surface area contributed by atoms with E-state index in [2.05, 4.69) is 20.3 Å². The molecule has 0 saturated heterocycles. The summed E-state index contributed by atoms with van der Waals surface area (Å²) in [5, 5.41) is 3.19. The lowest BCUT2D eigenvalue weighted by Crippen LogP contribution is -2.44. The van der Waals surface area contributed by atoms with Crippen molar-refractivity contribution < 1.29 is 14.4 Å². The molecular formula is C20H13N5O3S. The molecule has 0 aromatic heterocycles. The number of amides is 3. The van der Waals surface area contributed by atoms with E-state index >= 15 is 0 Å². The molecule has 8 nitrogen and oxygen atoms in total. The predicted molar refractivity (Wildman–Crippen MR) is 111 cm³/mol. The minimum Gasteiger partial charge on any atom is -0.303 e. The number of amidine groups is 2. The third kappa shape index (κ3) is 2.95. The summed E-state index contributed by atoms with van der Waals surface area (Å²) >= 11 is 1.37. The van der Waals surface area contributed by atoms with Gasteiger partial charge < -0.3 is 5.32 Å². The zero-order chi connectivity index (χ0) is 20.0. The minimum absolute atomic E-state index is 0.240. The number of thioether (sulfide) groups is 1. The normalized spacial score (nSPS) is 19.7. The van der Waals surface area contributed by atoms with E-state index in [4.69, 9.17) is 0 Å². The van der Waals surface area contributed by atoms with E-state index in [1.807, 2.05) is 12.1 Å². The summed E-state index contributed by atoms with van der Waals surface area (Å²) in [5.41, 5.74) is 2.31. The second kappa shape index (κ2) is 6.78. The average molecular weight is 403 g/mol. The molecule has 3 aliphatic rings. The van der Waals surface area contributed by atoms with E-state index in [-0.39, 0.29) is 17.7 Å². The first kappa shape index (κ1) is 17.5. The van der Waals surface area contributed by atoms with Crippen LogP contribution in [-0.2, 0) is 10.5 Å². The fourth-order valence-corrected chi connectivity index (χ4v) is 4.09. The lowest BCUT2D eigenvalue weighted by molar-refractivity contribution is -0.119. The van der Waals surface area contributed by atoms with Gasteiger partial charge in [-0.25, -0.2) is 14.9 Å². The highest BCUT2D eigenvalue weighted by Gasteiger charge is 2.36. The molecule has 1 N–H and O–H groups in total. The summed E-state index contributed by atoms with van der Waals surface area (Å²) in [5.74, 6) is 0.0794. The van der Waals surface area contributed by atoms with Crippen LogP contribution in [0.5, 0.6) is 0 Å². The van der Waals surface area contributed by atoms with Gasteiger partial charge in [-0.1, -0.05) is 36.0 Å². The number of benzene rings is 2. The molecule has 5 rings (SSSR count). The highest BCUT2D eigenvalue weighted by atomic mass is 32.2. The topological polar surface area (TPSA) is 104 Å². The van der Waals surface area contributed by atoms with Crippen molar-refractivity contribution >= 4 is 52.5 Å². The molecule has 0 fully saturated rings. The van der Waals surface area contributed by atoms with E-state index in [1.54, 1.807) is 36.4 Å². The lowest BCUT2D eigenvalue weighted by Gasteiger charge is -2.17. The smallest absolute Gasteiger partial charge is 0.266 e. The Morgan fingerprint density at radius 3 is 2.34 bits per heavy atom. The molecule has 29 heavy (non-hydrogen) atoms. The first-order valence-corrected chi connectivity index (χ1v) is 9.79. The molecule has 3 amide bonds. The van der Waals surface area contributed by atoms with E-state index in [0.29, 0.717) is 33.6 Å². The molecule has 9 heteroatoms. The fourth-order valence-electron chi connectivity index (χ4n) is 3.26. The molecule has 1 unspecified atom stereocenters. The van der Waals surface area contributed by atoms with Gasteiger partial charge in [0, 0.05) is 5.75 Å². The van der Waals surface area contributed by atoms with Gasteiger partial charge in [-0.2, -0.15) is 0 Å². The zero-order valence-corrected chi connectivity index (χ0v) is 15.7. The monoisotopic (exact) mass is 403 g/mol. The Morgan fingerprint density at radius 2 is 1.66 bits per heavy atom. The maximum absolute atomic E-state index is 12.6. The number of anilines is 1. The van der Waals surface area contributed by atoms with Crippen molar-refractivity contribution in [3.8, 4) is 0 Å². The maximum atomic E-state index is 12.6. The van der Waals surface area contributed by atoms with E-state index < -0.39 is 6.04 Å². The van der Waals surface area contributed by atoms with Crippen molar-refractivity contribution in [1.82, 2.24) is 5.32 Å². The summed E-state index contributed by atoms with van der Waals surface area (Å²) in [4.78, 5) is 50.6. The van der Waals surface area contributed by atoms with Crippen LogP contribution >= 0.6 is 11.8 Å². The van der Waals surface area contributed by atoms with E-state index in [9.17, 15) is 14.4 Å². The van der Waals surface area contributed by atoms with Crippen molar-refractivity contribution in [2.45, 2.75) is 11.8 Å². The molecule has 0 bridgehead atoms. The molecule has 142 valence electrons. The Morgan fingerprint density at radius 1 is 0.966 bits per heavy atom. The second-order valence-corrected chi connectivity index (χ2v) is 7.47. The largest absolute Gasteiger partial charge is 0.303 e. The summed E-state index contributed by atoms with van der Waals surface area (Å²) < 4.78 is 0. The predicted octanol–water partition coefficient (Wildman–Crippen LogP) is 2.02. The second-order valence-electron chi connectivity index (χ2n) is 6.51. The Balaban J connectivity index is 1.29. The van der Waals surface area contributed by atoms with E-state index in [0.717, 1.165) is 5.56 Å². The highest BCUT2D eigenvalue weighted by Crippen LogP contribution is 2.29. The van der Waals surface area contributed by atoms with Gasteiger partial charge in [0.25, 0.3) is 17.7 Å². The molecule has 0 aliphatic carbocycles. The maximum Gasteiger partial charge on any atom is 0.266 e. The van der Waals surface area contributed by atoms with Gasteiger partial charge in [0.2, 0.25) is 0 Å². The Labute approximate surface area is 169 Å². The van der Waals surface area contributed by atoms with Crippen LogP contribution in [0.2, 0.25) is 0 Å². The molecule has 2 aromatic carbocycles. The summed E-state index contributed by atoms with van der Waals surface area (Å²) in [6, 6.07) is 13.3. The molecule has 0 radical (unpaired) electrons. The van der Waals surface area contributed by atoms with Crippen LogP contribution in [0.1, 0.15) is 26.3 Å². The van der Waals surface area contributed by atoms with Gasteiger partial charge in [0.1, 0.15) is 6.34 Å². The number of fused-ring (bicyclic) bond motifs is 2. The number of carbonyl (C=O) groups is 3. The first-order valence-electron chi connectivity index (χ1n) is 8.80. The van der Waals surface area contributed by atoms with E-state index in [1.165, 1.54) is 23.0 Å². The molecule has 0 saturated carbocycles. The number of nitrogens with zero attached hydrogens (tertiary/aromatic N) is 4. The standard InChI is InChI=1S/C20H13N5O3S/c26-17-15-16(22-10-21-15)23-20(24-17)29-9-11-5-7-12(8-6-11)25-18(27)13-3-1-2-4-14(13)19(25)28/h1-8,10,15H,9H2,(H,21,22,23,24,26). The summed E-state index contributed by atoms with van der Waals surface area (Å²) in [7, 11) is 0. The molecule has 2 aromatic rings. The minimum atomic E-state index is -0.640. The molecular weight excluding hydrogens is 390 g/mol. The van der Waals surface area contributed by atoms with Gasteiger partial charge >= 0.3 is 0 Å². The number of carbonyl (C=O) groups excluding carboxylic acids is 3. The molecule has 0 spiro atoms. The van der Waals surface area contributed by atoms with Crippen molar-refractivity contribution in [3.63, 3.8) is 0 Å². The van der Waals surface area contributed by atoms with Crippen LogP contribution in [0.15, 0.2) is 63.5 Å². The van der Waals surface area contributed by atoms with Crippen LogP contribution in [0.4, 0.5) is 5.69 Å². The SMILES string of the molecule is O=C1NC(SCc2ccc(N3C(=O)c4ccccc4C3=O)cc2)=NC2=NC=NC12. The average Bonchev–Trinajstić information content (AvgIpc) is 3.31. The van der Waals surface area contributed by atoms with Crippen molar-refractivity contribution in [1.29, 1.82) is 0 Å². The van der Waals surface area contributed by atoms with Crippen molar-refractivity contribution in [3.05, 3.63) is 65.2 Å². The van der Waals surface area contributed by atoms with Gasteiger partial charge in [-0.15, -0.1) is 0 Å². The van der Waals surface area contributed by atoms with Gasteiger partial charge in [0.15, 0.2) is 17.0 Å². The number of imide groups is 1. The lowest BCUT2D eigenvalue weighted by atomic mass is 10.1. The van der Waals surface area contributed by atoms with Gasteiger partial charge in [-0.3, -0.25) is 19.4 Å². The van der Waals surface area contributed by atoms with Crippen LogP contribution in [0.25, 0.3) is 0 Å². The van der Waals surface area contributed by atoms with Crippen LogP contribution in [0.3, 0.4) is 0 Å². The number of rotatable bonds is 3. The molecule has 1 atom stereocenters. The van der Waals surface area contributed by atoms with Crippen molar-refractivity contribution in [2.24, 2.45) is 15.0 Å². The highest BCUT2D eigenvalue weighted by molar-refractivity contribution is 8.13. The Hall–Kier alpha value is -3.59. The van der Waals surface area contributed by atoms with Crippen LogP contribution in [-0.4, -0.2) is 41.1 Å². The van der Waals surface area contributed by atoms with Crippen LogP contribution in [0, 0.1) is 0 Å². The summed E-state index contributed by atoms with van der Waals surface area (Å²) in [6.45, 7) is 0. The third-order valence-corrected chi connectivity index (χ3v) is 5.65. The first-order chi connectivity index (χ1) is 14.1. The number of hydrogen-bond donors (Lipinski definition) is 1. The Kier molecular flexibility index (Phi) is 4.09. The molecule has 3 heterocycles. The zero-order valence-electron chi connectivity index (χ0n) is 14.9. The van der Waals surface area contributed by atoms with Crippen LogP contribution < -0.4 is 10.2 Å². The van der Waals surface area contributed by atoms with Gasteiger partial charge in [0.05, 0.1) is 16.8 Å². The fraction of sp³-hybridized carbons (Fsp3) is 0.100. The number of nitrogens with one attached hydrogen (secondary N) is 1. The summed E-state index contributed by atoms with van der Waals surface area (Å²) in [6.07, 6.45) is 1.34. The number of aliphatic imine (C=N–C) groups is 3. The Bertz CT molecular complexity index is 1120. The van der Waals surface area contributed by atoms with Gasteiger partial charge in [-0.05, 0) is 29.8 Å². The number of hydrogen-bond acceptors (Lipinski definition) is 7. The third-order valence-electron chi connectivity index (χ3n) is 4.71. The van der Waals surface area contributed by atoms with Crippen molar-refractivity contribution in [2.75, 3.05) is 4.90 Å². The quantitative estimate of drug-likeness (QED) is 0.792.